The van der Waals surface area contributed by atoms with Crippen LogP contribution in [0.3, 0.4) is 0 Å². The molecule has 2 aliphatic carbocycles. The van der Waals surface area contributed by atoms with Crippen molar-refractivity contribution in [1.82, 2.24) is 4.90 Å². The summed E-state index contributed by atoms with van der Waals surface area (Å²) in [4.78, 5) is 26.0. The van der Waals surface area contributed by atoms with Crippen molar-refractivity contribution < 1.29 is 19.4 Å². The minimum Gasteiger partial charge on any atom is -0.478 e. The van der Waals surface area contributed by atoms with E-state index in [1.807, 2.05) is 24.1 Å². The summed E-state index contributed by atoms with van der Waals surface area (Å²) in [5.74, 6) is -0.129. The number of benzene rings is 1. The molecule has 0 aliphatic heterocycles. The summed E-state index contributed by atoms with van der Waals surface area (Å²) >= 11 is 0. The number of likely N-dealkylation sites (N-methyl/N-ethyl adjacent to an activating group) is 1. The number of hydrogen-bond donors (Lipinski definition) is 2. The third-order valence-electron chi connectivity index (χ3n) is 6.84. The van der Waals surface area contributed by atoms with Gasteiger partial charge >= 0.3 is 5.97 Å². The van der Waals surface area contributed by atoms with Crippen molar-refractivity contribution in [2.24, 2.45) is 17.6 Å². The van der Waals surface area contributed by atoms with Gasteiger partial charge in [0.1, 0.15) is 0 Å². The van der Waals surface area contributed by atoms with Gasteiger partial charge in [0.15, 0.2) is 0 Å². The maximum Gasteiger partial charge on any atom is 0.336 e. The molecule has 3 rings (SSSR count). The number of nitrogens with zero attached hydrogens (tertiary/aromatic N) is 1. The van der Waals surface area contributed by atoms with Crippen LogP contribution in [0.2, 0.25) is 0 Å². The summed E-state index contributed by atoms with van der Waals surface area (Å²) in [6.45, 7) is 2.74. The molecule has 6 heteroatoms. The third kappa shape index (κ3) is 5.17. The molecular weight excluding hydrogens is 368 g/mol. The number of aryl methyl sites for hydroxylation is 1. The van der Waals surface area contributed by atoms with Gasteiger partial charge in [-0.2, -0.15) is 0 Å². The highest BCUT2D eigenvalue weighted by Gasteiger charge is 2.34. The molecule has 1 aromatic rings. The minimum atomic E-state index is -0.910. The fraction of sp³-hybridized carbons (Fsp3) is 0.652. The lowest BCUT2D eigenvalue weighted by atomic mass is 9.78. The summed E-state index contributed by atoms with van der Waals surface area (Å²) in [6.07, 6.45) is 7.30. The maximum absolute atomic E-state index is 12.6. The Morgan fingerprint density at radius 1 is 1.21 bits per heavy atom. The zero-order valence-electron chi connectivity index (χ0n) is 17.6. The molecule has 0 heterocycles. The molecule has 6 nitrogen and oxygen atoms in total. The van der Waals surface area contributed by atoms with E-state index in [9.17, 15) is 14.7 Å². The Balaban J connectivity index is 1.43. The highest BCUT2D eigenvalue weighted by atomic mass is 16.5. The van der Waals surface area contributed by atoms with Gasteiger partial charge in [-0.3, -0.25) is 4.79 Å². The fourth-order valence-corrected chi connectivity index (χ4v) is 4.60. The lowest BCUT2D eigenvalue weighted by Gasteiger charge is -2.38. The van der Waals surface area contributed by atoms with E-state index in [0.29, 0.717) is 30.7 Å². The number of ether oxygens (including phenoxy) is 1. The van der Waals surface area contributed by atoms with E-state index in [2.05, 4.69) is 0 Å². The summed E-state index contributed by atoms with van der Waals surface area (Å²) in [6, 6.07) is 5.48. The van der Waals surface area contributed by atoms with E-state index >= 15 is 0 Å². The number of hydrogen-bond acceptors (Lipinski definition) is 4. The molecule has 0 radical (unpaired) electrons. The molecule has 2 saturated carbocycles. The Labute approximate surface area is 173 Å². The van der Waals surface area contributed by atoms with Gasteiger partial charge in [-0.25, -0.2) is 4.79 Å². The number of aromatic carboxylic acids is 1. The standard InChI is InChI=1S/C23H34N2O4/c1-15-5-3-6-18(20(15)23(27)28)14-29-13-16-9-11-17(12-10-16)21(24)22(26)25(2)19-7-4-8-19/h3,5-6,16-17,19,21H,4,7-14,24H2,1-2H3,(H,27,28)/t16?,17?,21-/m0/s1. The van der Waals surface area contributed by atoms with E-state index in [-0.39, 0.29) is 11.8 Å². The number of rotatable bonds is 8. The Bertz CT molecular complexity index is 724. The zero-order chi connectivity index (χ0) is 21.0. The van der Waals surface area contributed by atoms with Crippen molar-refractivity contribution in [3.63, 3.8) is 0 Å². The first-order chi connectivity index (χ1) is 13.9. The average molecular weight is 403 g/mol. The molecule has 3 N–H and O–H groups in total. The zero-order valence-corrected chi connectivity index (χ0v) is 17.6. The van der Waals surface area contributed by atoms with E-state index in [1.54, 1.807) is 13.0 Å². The second-order valence-electron chi connectivity index (χ2n) is 8.77. The van der Waals surface area contributed by atoms with Crippen LogP contribution in [0.4, 0.5) is 0 Å². The first-order valence-electron chi connectivity index (χ1n) is 10.8. The van der Waals surface area contributed by atoms with Crippen molar-refractivity contribution in [3.05, 3.63) is 34.9 Å². The highest BCUT2D eigenvalue weighted by molar-refractivity contribution is 5.91. The highest BCUT2D eigenvalue weighted by Crippen LogP contribution is 2.32. The van der Waals surface area contributed by atoms with Gasteiger partial charge in [0.25, 0.3) is 0 Å². The Hall–Kier alpha value is -1.92. The number of carbonyl (C=O) groups excluding carboxylic acids is 1. The van der Waals surface area contributed by atoms with E-state index in [1.165, 1.54) is 6.42 Å². The van der Waals surface area contributed by atoms with E-state index < -0.39 is 12.0 Å². The molecule has 0 aromatic heterocycles. The molecule has 0 bridgehead atoms. The second-order valence-corrected chi connectivity index (χ2v) is 8.77. The van der Waals surface area contributed by atoms with Gasteiger partial charge in [0, 0.05) is 19.7 Å². The summed E-state index contributed by atoms with van der Waals surface area (Å²) in [5, 5.41) is 9.41. The van der Waals surface area contributed by atoms with Crippen LogP contribution in [0.5, 0.6) is 0 Å². The Morgan fingerprint density at radius 2 is 1.90 bits per heavy atom. The van der Waals surface area contributed by atoms with Crippen LogP contribution in [-0.2, 0) is 16.1 Å². The van der Waals surface area contributed by atoms with Crippen molar-refractivity contribution in [2.45, 2.75) is 70.6 Å². The third-order valence-corrected chi connectivity index (χ3v) is 6.84. The summed E-state index contributed by atoms with van der Waals surface area (Å²) < 4.78 is 5.87. The van der Waals surface area contributed by atoms with Gasteiger partial charge < -0.3 is 20.5 Å². The number of carboxylic acid groups (broad SMARTS) is 1. The molecule has 2 fully saturated rings. The maximum atomic E-state index is 12.6. The smallest absolute Gasteiger partial charge is 0.336 e. The SMILES string of the molecule is Cc1cccc(COCC2CCC([C@H](N)C(=O)N(C)C3CCC3)CC2)c1C(=O)O. The predicted molar refractivity (Wildman–Crippen MR) is 112 cm³/mol. The number of carbonyl (C=O) groups is 2. The second kappa shape index (κ2) is 9.72. The molecule has 1 aromatic carbocycles. The van der Waals surface area contributed by atoms with Crippen LogP contribution in [-0.4, -0.2) is 47.6 Å². The van der Waals surface area contributed by atoms with Crippen LogP contribution in [0.15, 0.2) is 18.2 Å². The van der Waals surface area contributed by atoms with Crippen LogP contribution in [0, 0.1) is 18.8 Å². The Kier molecular flexibility index (Phi) is 7.30. The van der Waals surface area contributed by atoms with Crippen molar-refractivity contribution in [1.29, 1.82) is 0 Å². The normalized spacial score (nSPS) is 23.3. The average Bonchev–Trinajstić information content (AvgIpc) is 2.65. The molecule has 0 spiro atoms. The number of carboxylic acids is 1. The summed E-state index contributed by atoms with van der Waals surface area (Å²) in [5.41, 5.74) is 8.13. The molecular formula is C23H34N2O4. The predicted octanol–water partition coefficient (Wildman–Crippen LogP) is 3.35. The first kappa shape index (κ1) is 21.8. The van der Waals surface area contributed by atoms with Crippen LogP contribution in [0.1, 0.15) is 66.4 Å². The lowest BCUT2D eigenvalue weighted by molar-refractivity contribution is -0.136. The molecule has 160 valence electrons. The van der Waals surface area contributed by atoms with Gasteiger partial charge in [-0.1, -0.05) is 18.2 Å². The topological polar surface area (TPSA) is 92.9 Å². The molecule has 2 aliphatic rings. The largest absolute Gasteiger partial charge is 0.478 e. The number of nitrogens with two attached hydrogens (primary N) is 1. The monoisotopic (exact) mass is 402 g/mol. The molecule has 0 unspecified atom stereocenters. The molecule has 0 saturated heterocycles. The van der Waals surface area contributed by atoms with E-state index in [4.69, 9.17) is 10.5 Å². The molecule has 1 atom stereocenters. The lowest BCUT2D eigenvalue weighted by Crippen LogP contribution is -2.52. The molecule has 1 amide bonds. The number of amides is 1. The van der Waals surface area contributed by atoms with Gasteiger partial charge in [-0.05, 0) is 74.8 Å². The van der Waals surface area contributed by atoms with Crippen molar-refractivity contribution >= 4 is 11.9 Å². The summed E-state index contributed by atoms with van der Waals surface area (Å²) in [7, 11) is 1.89. The van der Waals surface area contributed by atoms with Crippen molar-refractivity contribution in [3.8, 4) is 0 Å². The molecule has 29 heavy (non-hydrogen) atoms. The minimum absolute atomic E-state index is 0.0926. The quantitative estimate of drug-likeness (QED) is 0.696. The van der Waals surface area contributed by atoms with Gasteiger partial charge in [0.05, 0.1) is 18.2 Å². The van der Waals surface area contributed by atoms with E-state index in [0.717, 1.165) is 49.7 Å². The van der Waals surface area contributed by atoms with Gasteiger partial charge in [0.2, 0.25) is 5.91 Å². The van der Waals surface area contributed by atoms with Crippen LogP contribution in [0.25, 0.3) is 0 Å². The first-order valence-corrected chi connectivity index (χ1v) is 10.8. The van der Waals surface area contributed by atoms with Gasteiger partial charge in [-0.15, -0.1) is 0 Å². The van der Waals surface area contributed by atoms with Crippen LogP contribution >= 0.6 is 0 Å². The van der Waals surface area contributed by atoms with Crippen LogP contribution < -0.4 is 5.73 Å². The van der Waals surface area contributed by atoms with Crippen molar-refractivity contribution in [2.75, 3.05) is 13.7 Å². The Morgan fingerprint density at radius 3 is 2.48 bits per heavy atom. The fourth-order valence-electron chi connectivity index (χ4n) is 4.60.